The summed E-state index contributed by atoms with van der Waals surface area (Å²) in [6.07, 6.45) is 3.52. The van der Waals surface area contributed by atoms with Gasteiger partial charge in [0.1, 0.15) is 17.9 Å². The van der Waals surface area contributed by atoms with Gasteiger partial charge < -0.3 is 14.6 Å². The van der Waals surface area contributed by atoms with E-state index >= 15 is 0 Å². The van der Waals surface area contributed by atoms with E-state index in [0.717, 1.165) is 21.5 Å². The Morgan fingerprint density at radius 1 is 1.12 bits per heavy atom. The van der Waals surface area contributed by atoms with Crippen LogP contribution in [0.15, 0.2) is 77.5 Å². The first-order valence-corrected chi connectivity index (χ1v) is 10.8. The normalized spacial score (nSPS) is 17.9. The topological polar surface area (TPSA) is 101 Å². The number of carbonyl (C=O) groups is 3. The molecule has 4 aromatic rings. The highest BCUT2D eigenvalue weighted by Gasteiger charge is 2.51. The van der Waals surface area contributed by atoms with Crippen molar-refractivity contribution < 1.29 is 18.8 Å². The second-order valence-electron chi connectivity index (χ2n) is 8.47. The molecule has 0 saturated carbocycles. The van der Waals surface area contributed by atoms with Crippen LogP contribution in [0.3, 0.4) is 0 Å². The second-order valence-corrected chi connectivity index (χ2v) is 8.47. The number of amides is 4. The summed E-state index contributed by atoms with van der Waals surface area (Å²) in [4.78, 5) is 41.1. The Morgan fingerprint density at radius 3 is 2.62 bits per heavy atom. The highest BCUT2D eigenvalue weighted by molar-refractivity contribution is 6.09. The van der Waals surface area contributed by atoms with Gasteiger partial charge in [-0.15, -0.1) is 0 Å². The van der Waals surface area contributed by atoms with E-state index in [4.69, 9.17) is 4.42 Å². The number of nitrogens with one attached hydrogen (secondary N) is 1. The number of aromatic nitrogens is 2. The molecule has 5 rings (SSSR count). The second kappa shape index (κ2) is 8.18. The van der Waals surface area contributed by atoms with Crippen LogP contribution in [0.4, 0.5) is 4.79 Å². The van der Waals surface area contributed by atoms with Gasteiger partial charge in [-0.05, 0) is 31.2 Å². The number of hydrogen-bond donors (Lipinski definition) is 1. The molecule has 1 unspecified atom stereocenters. The predicted octanol–water partition coefficient (Wildman–Crippen LogP) is 3.04. The first-order chi connectivity index (χ1) is 16.3. The average molecular weight is 457 g/mol. The third-order valence-electron chi connectivity index (χ3n) is 5.99. The number of para-hydroxylation sites is 2. The standard InChI is InChI=1S/C25H23N5O4/c1-25(21-12-18-8-6-7-11-20(18)34-21)23(32)29(24(33)27-25)16-22(31)28(2)14-17-13-26-30(15-17)19-9-4-3-5-10-19/h3-13,15H,14,16H2,1-2H3,(H,27,33). The molecule has 1 saturated heterocycles. The zero-order valence-electron chi connectivity index (χ0n) is 18.8. The molecule has 0 spiro atoms. The molecule has 34 heavy (non-hydrogen) atoms. The molecule has 1 aliphatic rings. The van der Waals surface area contributed by atoms with Crippen LogP contribution in [0, 0.1) is 0 Å². The summed E-state index contributed by atoms with van der Waals surface area (Å²) in [5.74, 6) is -0.580. The summed E-state index contributed by atoms with van der Waals surface area (Å²) < 4.78 is 7.55. The lowest BCUT2D eigenvalue weighted by Crippen LogP contribution is -2.43. The molecule has 2 aromatic heterocycles. The maximum absolute atomic E-state index is 13.2. The van der Waals surface area contributed by atoms with E-state index in [1.165, 1.54) is 4.90 Å². The predicted molar refractivity (Wildman–Crippen MR) is 124 cm³/mol. The van der Waals surface area contributed by atoms with Crippen molar-refractivity contribution in [3.05, 3.63) is 84.4 Å². The van der Waals surface area contributed by atoms with Crippen LogP contribution in [0.5, 0.6) is 0 Å². The number of fused-ring (bicyclic) bond motifs is 1. The van der Waals surface area contributed by atoms with Crippen molar-refractivity contribution in [3.63, 3.8) is 0 Å². The van der Waals surface area contributed by atoms with Gasteiger partial charge in [-0.1, -0.05) is 36.4 Å². The monoisotopic (exact) mass is 457 g/mol. The lowest BCUT2D eigenvalue weighted by atomic mass is 9.99. The van der Waals surface area contributed by atoms with Gasteiger partial charge in [-0.2, -0.15) is 5.10 Å². The summed E-state index contributed by atoms with van der Waals surface area (Å²) in [5, 5.41) is 7.84. The molecule has 4 amide bonds. The summed E-state index contributed by atoms with van der Waals surface area (Å²) >= 11 is 0. The average Bonchev–Trinajstić information content (AvgIpc) is 3.54. The Morgan fingerprint density at radius 2 is 1.85 bits per heavy atom. The van der Waals surface area contributed by atoms with Crippen LogP contribution in [0.1, 0.15) is 18.2 Å². The molecule has 3 heterocycles. The van der Waals surface area contributed by atoms with Gasteiger partial charge in [-0.3, -0.25) is 14.5 Å². The Kier molecular flexibility index (Phi) is 5.16. The molecular weight excluding hydrogens is 434 g/mol. The number of furan rings is 1. The van der Waals surface area contributed by atoms with Gasteiger partial charge in [0.25, 0.3) is 5.91 Å². The quantitative estimate of drug-likeness (QED) is 0.449. The zero-order valence-corrected chi connectivity index (χ0v) is 18.8. The highest BCUT2D eigenvalue weighted by Crippen LogP contribution is 2.33. The fraction of sp³-hybridized carbons (Fsp3) is 0.200. The van der Waals surface area contributed by atoms with Crippen molar-refractivity contribution in [2.75, 3.05) is 13.6 Å². The van der Waals surface area contributed by atoms with Gasteiger partial charge in [0.2, 0.25) is 5.91 Å². The minimum atomic E-state index is -1.38. The van der Waals surface area contributed by atoms with Gasteiger partial charge in [0.05, 0.1) is 11.9 Å². The van der Waals surface area contributed by atoms with Gasteiger partial charge in [0, 0.05) is 30.7 Å². The molecular formula is C25H23N5O4. The third-order valence-corrected chi connectivity index (χ3v) is 5.99. The van der Waals surface area contributed by atoms with E-state index in [-0.39, 0.29) is 19.0 Å². The van der Waals surface area contributed by atoms with Crippen LogP contribution in [-0.2, 0) is 21.7 Å². The van der Waals surface area contributed by atoms with Crippen molar-refractivity contribution in [3.8, 4) is 5.69 Å². The van der Waals surface area contributed by atoms with Gasteiger partial charge in [-0.25, -0.2) is 9.48 Å². The smallest absolute Gasteiger partial charge is 0.325 e. The van der Waals surface area contributed by atoms with E-state index in [9.17, 15) is 14.4 Å². The fourth-order valence-electron chi connectivity index (χ4n) is 4.02. The molecule has 0 radical (unpaired) electrons. The Bertz CT molecular complexity index is 1360. The van der Waals surface area contributed by atoms with Crippen LogP contribution in [0.2, 0.25) is 0 Å². The van der Waals surface area contributed by atoms with Gasteiger partial charge in [0.15, 0.2) is 5.54 Å². The minimum Gasteiger partial charge on any atom is -0.458 e. The molecule has 172 valence electrons. The van der Waals surface area contributed by atoms with Crippen LogP contribution in [-0.4, -0.2) is 51.0 Å². The molecule has 1 aliphatic heterocycles. The number of hydrogen-bond acceptors (Lipinski definition) is 5. The Labute approximate surface area is 195 Å². The maximum Gasteiger partial charge on any atom is 0.325 e. The molecule has 0 aliphatic carbocycles. The summed E-state index contributed by atoms with van der Waals surface area (Å²) in [5.41, 5.74) is 0.966. The third kappa shape index (κ3) is 3.71. The Hall–Kier alpha value is -4.40. The fourth-order valence-corrected chi connectivity index (χ4v) is 4.02. The number of rotatable bonds is 6. The van der Waals surface area contributed by atoms with Crippen LogP contribution < -0.4 is 5.32 Å². The maximum atomic E-state index is 13.2. The zero-order chi connectivity index (χ0) is 23.9. The molecule has 1 fully saturated rings. The highest BCUT2D eigenvalue weighted by atomic mass is 16.3. The largest absolute Gasteiger partial charge is 0.458 e. The van der Waals surface area contributed by atoms with Crippen molar-refractivity contribution in [1.82, 2.24) is 24.9 Å². The van der Waals surface area contributed by atoms with Crippen molar-refractivity contribution in [2.45, 2.75) is 19.0 Å². The molecule has 9 nitrogen and oxygen atoms in total. The summed E-state index contributed by atoms with van der Waals surface area (Å²) in [7, 11) is 1.62. The first-order valence-electron chi connectivity index (χ1n) is 10.8. The molecule has 2 aromatic carbocycles. The summed E-state index contributed by atoms with van der Waals surface area (Å²) in [6.45, 7) is 1.50. The van der Waals surface area contributed by atoms with E-state index in [2.05, 4.69) is 10.4 Å². The van der Waals surface area contributed by atoms with Crippen LogP contribution in [0.25, 0.3) is 16.7 Å². The van der Waals surface area contributed by atoms with Crippen molar-refractivity contribution >= 4 is 28.8 Å². The minimum absolute atomic E-state index is 0.288. The number of benzene rings is 2. The number of imide groups is 1. The lowest BCUT2D eigenvalue weighted by Gasteiger charge is -2.21. The molecule has 1 atom stereocenters. The number of urea groups is 1. The van der Waals surface area contributed by atoms with Gasteiger partial charge >= 0.3 is 6.03 Å². The SMILES string of the molecule is CN(Cc1cnn(-c2ccccc2)c1)C(=O)CN1C(=O)NC(C)(c2cc3ccccc3o2)C1=O. The molecule has 9 heteroatoms. The lowest BCUT2D eigenvalue weighted by molar-refractivity contribution is -0.138. The van der Waals surface area contributed by atoms with E-state index in [1.54, 1.807) is 37.0 Å². The van der Waals surface area contributed by atoms with E-state index < -0.39 is 17.5 Å². The Balaban J connectivity index is 1.27. The van der Waals surface area contributed by atoms with Crippen LogP contribution >= 0.6 is 0 Å². The summed E-state index contributed by atoms with van der Waals surface area (Å²) in [6, 6.07) is 18.1. The van der Waals surface area contributed by atoms with E-state index in [0.29, 0.717) is 11.3 Å². The number of nitrogens with zero attached hydrogens (tertiary/aromatic N) is 4. The molecule has 0 bridgehead atoms. The molecule has 1 N–H and O–H groups in total. The van der Waals surface area contributed by atoms with Crippen molar-refractivity contribution in [1.29, 1.82) is 0 Å². The van der Waals surface area contributed by atoms with Crippen molar-refractivity contribution in [2.24, 2.45) is 0 Å². The van der Waals surface area contributed by atoms with E-state index in [1.807, 2.05) is 54.7 Å². The number of likely N-dealkylation sites (N-methyl/N-ethyl adjacent to an activating group) is 1. The number of carbonyl (C=O) groups excluding carboxylic acids is 3. The first kappa shape index (κ1) is 21.4.